The summed E-state index contributed by atoms with van der Waals surface area (Å²) in [5.41, 5.74) is 3.65. The van der Waals surface area contributed by atoms with E-state index in [1.165, 1.54) is 0 Å². The number of nitrogens with one attached hydrogen (secondary N) is 1. The number of hydrogen-bond donors (Lipinski definition) is 1. The number of hydrogen-bond acceptors (Lipinski definition) is 4. The first-order valence-electron chi connectivity index (χ1n) is 9.64. The van der Waals surface area contributed by atoms with E-state index in [9.17, 15) is 9.59 Å². The highest BCUT2D eigenvalue weighted by atomic mass is 16.5. The number of nitrogens with zero attached hydrogens (tertiary/aromatic N) is 2. The lowest BCUT2D eigenvalue weighted by molar-refractivity contribution is 0.102. The Labute approximate surface area is 174 Å². The highest BCUT2D eigenvalue weighted by Crippen LogP contribution is 2.29. The Balaban J connectivity index is 1.70. The maximum Gasteiger partial charge on any atom is 0.257 e. The number of carbonyl (C=O) groups is 2. The van der Waals surface area contributed by atoms with E-state index in [-0.39, 0.29) is 5.91 Å². The number of imidazole rings is 1. The van der Waals surface area contributed by atoms with Gasteiger partial charge in [0.15, 0.2) is 0 Å². The number of methoxy groups -OCH3 is 1. The molecule has 2 aromatic carbocycles. The number of aromatic nitrogens is 2. The van der Waals surface area contributed by atoms with Gasteiger partial charge in [0, 0.05) is 28.6 Å². The van der Waals surface area contributed by atoms with Crippen LogP contribution in [0, 0.1) is 0 Å². The summed E-state index contributed by atoms with van der Waals surface area (Å²) in [5, 5.41) is 2.91. The van der Waals surface area contributed by atoms with Gasteiger partial charge in [0.1, 0.15) is 12.0 Å². The molecule has 4 rings (SSSR count). The molecule has 0 saturated carbocycles. The number of benzene rings is 2. The molecular formula is C24H21N3O3. The van der Waals surface area contributed by atoms with Crippen molar-refractivity contribution in [2.75, 3.05) is 12.4 Å². The fourth-order valence-electron chi connectivity index (χ4n) is 3.29. The quantitative estimate of drug-likeness (QED) is 0.604. The summed E-state index contributed by atoms with van der Waals surface area (Å²) in [6, 6.07) is 14.1. The second-order valence-corrected chi connectivity index (χ2v) is 6.87. The van der Waals surface area contributed by atoms with Crippen molar-refractivity contribution in [2.24, 2.45) is 0 Å². The lowest BCUT2D eigenvalue weighted by Crippen LogP contribution is -2.16. The van der Waals surface area contributed by atoms with Crippen LogP contribution in [-0.2, 0) is 0 Å². The van der Waals surface area contributed by atoms with Gasteiger partial charge >= 0.3 is 0 Å². The van der Waals surface area contributed by atoms with Crippen LogP contribution in [0.5, 0.6) is 5.75 Å². The van der Waals surface area contributed by atoms with Gasteiger partial charge in [-0.15, -0.1) is 0 Å². The zero-order chi connectivity index (χ0) is 20.9. The minimum absolute atomic E-state index is 0.288. The van der Waals surface area contributed by atoms with Crippen LogP contribution >= 0.6 is 0 Å². The Morgan fingerprint density at radius 3 is 2.73 bits per heavy atom. The monoisotopic (exact) mass is 399 g/mol. The highest BCUT2D eigenvalue weighted by molar-refractivity contribution is 6.04. The van der Waals surface area contributed by atoms with Crippen molar-refractivity contribution in [3.05, 3.63) is 84.1 Å². The third kappa shape index (κ3) is 4.07. The van der Waals surface area contributed by atoms with Gasteiger partial charge in [0.05, 0.1) is 12.8 Å². The van der Waals surface area contributed by atoms with Crippen LogP contribution in [-0.4, -0.2) is 28.9 Å². The van der Waals surface area contributed by atoms with Crippen LogP contribution in [0.4, 0.5) is 5.95 Å². The molecule has 0 fully saturated rings. The number of anilines is 1. The summed E-state index contributed by atoms with van der Waals surface area (Å²) in [7, 11) is 1.62. The summed E-state index contributed by atoms with van der Waals surface area (Å²) in [6.07, 6.45) is 10.6. The zero-order valence-corrected chi connectivity index (χ0v) is 16.5. The Bertz CT molecular complexity index is 1140. The molecule has 0 saturated heterocycles. The van der Waals surface area contributed by atoms with E-state index in [2.05, 4.69) is 16.4 Å². The highest BCUT2D eigenvalue weighted by Gasteiger charge is 2.17. The largest absolute Gasteiger partial charge is 0.497 e. The summed E-state index contributed by atoms with van der Waals surface area (Å²) in [4.78, 5) is 28.3. The molecule has 150 valence electrons. The molecule has 0 aliphatic heterocycles. The predicted octanol–water partition coefficient (Wildman–Crippen LogP) is 4.81. The number of amides is 1. The van der Waals surface area contributed by atoms with Crippen molar-refractivity contribution in [1.82, 2.24) is 9.55 Å². The SMILES string of the molecule is COc1cccc(-c2cn(C3=CC=CCC3)c(NC(=O)c3ccc(C=O)cc3)n2)c1. The lowest BCUT2D eigenvalue weighted by atomic mass is 10.1. The molecule has 1 amide bonds. The standard InChI is InChI=1S/C24H21N3O3/c1-30-21-9-5-6-19(14-21)22-15-27(20-7-3-2-4-8-20)24(25-22)26-23(29)18-12-10-17(16-28)11-13-18/h2-3,5-7,9-16H,4,8H2,1H3,(H,25,26,29). The van der Waals surface area contributed by atoms with Crippen molar-refractivity contribution in [3.63, 3.8) is 0 Å². The summed E-state index contributed by atoms with van der Waals surface area (Å²) < 4.78 is 7.23. The number of allylic oxidation sites excluding steroid dienone is 4. The van der Waals surface area contributed by atoms with E-state index in [1.807, 2.05) is 47.2 Å². The Kier molecular flexibility index (Phi) is 5.57. The van der Waals surface area contributed by atoms with Gasteiger partial charge < -0.3 is 4.74 Å². The normalized spacial score (nSPS) is 12.9. The predicted molar refractivity (Wildman–Crippen MR) is 117 cm³/mol. The Hall–Kier alpha value is -3.93. The molecule has 30 heavy (non-hydrogen) atoms. The van der Waals surface area contributed by atoms with Crippen LogP contribution < -0.4 is 10.1 Å². The van der Waals surface area contributed by atoms with E-state index in [1.54, 1.807) is 31.4 Å². The number of ether oxygens (including phenoxy) is 1. The molecule has 1 N–H and O–H groups in total. The fourth-order valence-corrected chi connectivity index (χ4v) is 3.29. The second-order valence-electron chi connectivity index (χ2n) is 6.87. The first kappa shape index (κ1) is 19.4. The maximum absolute atomic E-state index is 12.8. The molecule has 0 radical (unpaired) electrons. The molecule has 1 aliphatic carbocycles. The van der Waals surface area contributed by atoms with E-state index < -0.39 is 0 Å². The van der Waals surface area contributed by atoms with Crippen LogP contribution in [0.1, 0.15) is 33.6 Å². The van der Waals surface area contributed by atoms with Crippen LogP contribution in [0.15, 0.2) is 73.0 Å². The molecule has 1 heterocycles. The van der Waals surface area contributed by atoms with Crippen LogP contribution in [0.2, 0.25) is 0 Å². The maximum atomic E-state index is 12.8. The summed E-state index contributed by atoms with van der Waals surface area (Å²) in [6.45, 7) is 0. The smallest absolute Gasteiger partial charge is 0.257 e. The average molecular weight is 399 g/mol. The molecule has 0 spiro atoms. The molecule has 1 aliphatic rings. The molecule has 0 unspecified atom stereocenters. The summed E-state index contributed by atoms with van der Waals surface area (Å²) in [5.74, 6) is 0.894. The van der Waals surface area contributed by atoms with E-state index in [0.29, 0.717) is 17.1 Å². The molecule has 0 atom stereocenters. The van der Waals surface area contributed by atoms with Crippen molar-refractivity contribution in [1.29, 1.82) is 0 Å². The Morgan fingerprint density at radius 2 is 2.03 bits per heavy atom. The number of rotatable bonds is 6. The van der Waals surface area contributed by atoms with Gasteiger partial charge in [-0.05, 0) is 43.2 Å². The minimum atomic E-state index is -0.288. The summed E-state index contributed by atoms with van der Waals surface area (Å²) >= 11 is 0. The van der Waals surface area contributed by atoms with Gasteiger partial charge in [-0.1, -0.05) is 36.4 Å². The van der Waals surface area contributed by atoms with E-state index in [0.717, 1.165) is 41.8 Å². The second kappa shape index (κ2) is 8.61. The van der Waals surface area contributed by atoms with Gasteiger partial charge in [-0.3, -0.25) is 19.5 Å². The average Bonchev–Trinajstić information content (AvgIpc) is 3.23. The van der Waals surface area contributed by atoms with Gasteiger partial charge in [-0.25, -0.2) is 4.98 Å². The van der Waals surface area contributed by atoms with Crippen LogP contribution in [0.25, 0.3) is 17.0 Å². The number of aldehydes is 1. The van der Waals surface area contributed by atoms with Crippen molar-refractivity contribution < 1.29 is 14.3 Å². The third-order valence-corrected chi connectivity index (χ3v) is 4.91. The van der Waals surface area contributed by atoms with E-state index >= 15 is 0 Å². The van der Waals surface area contributed by atoms with Crippen molar-refractivity contribution >= 4 is 23.8 Å². The zero-order valence-electron chi connectivity index (χ0n) is 16.5. The minimum Gasteiger partial charge on any atom is -0.497 e. The molecule has 6 nitrogen and oxygen atoms in total. The van der Waals surface area contributed by atoms with Crippen molar-refractivity contribution in [3.8, 4) is 17.0 Å². The number of carbonyl (C=O) groups excluding carboxylic acids is 2. The first-order chi connectivity index (χ1) is 14.7. The van der Waals surface area contributed by atoms with Crippen LogP contribution in [0.3, 0.4) is 0 Å². The van der Waals surface area contributed by atoms with Gasteiger partial charge in [0.2, 0.25) is 5.95 Å². The third-order valence-electron chi connectivity index (χ3n) is 4.91. The van der Waals surface area contributed by atoms with E-state index in [4.69, 9.17) is 4.74 Å². The van der Waals surface area contributed by atoms with Gasteiger partial charge in [-0.2, -0.15) is 0 Å². The molecule has 1 aromatic heterocycles. The Morgan fingerprint density at radius 1 is 1.20 bits per heavy atom. The molecule has 3 aromatic rings. The molecule has 6 heteroatoms. The topological polar surface area (TPSA) is 73.2 Å². The first-order valence-corrected chi connectivity index (χ1v) is 9.64. The molecular weight excluding hydrogens is 378 g/mol. The lowest BCUT2D eigenvalue weighted by Gasteiger charge is -2.13. The molecule has 0 bridgehead atoms. The van der Waals surface area contributed by atoms with Crippen molar-refractivity contribution in [2.45, 2.75) is 12.8 Å². The fraction of sp³-hybridized carbons (Fsp3) is 0.125. The van der Waals surface area contributed by atoms with Gasteiger partial charge in [0.25, 0.3) is 5.91 Å².